The molecule has 9 heteroatoms. The van der Waals surface area contributed by atoms with Crippen molar-refractivity contribution in [3.05, 3.63) is 69.2 Å². The number of anilines is 1. The van der Waals surface area contributed by atoms with Gasteiger partial charge in [0.05, 0.1) is 22.6 Å². The number of nitrogens with zero attached hydrogens (tertiary/aromatic N) is 4. The zero-order valence-electron chi connectivity index (χ0n) is 15.3. The summed E-state index contributed by atoms with van der Waals surface area (Å²) in [6.45, 7) is 1.50. The maximum atomic E-state index is 13.4. The summed E-state index contributed by atoms with van der Waals surface area (Å²) in [5.74, 6) is -1.23. The average Bonchev–Trinajstić information content (AvgIpc) is 3.35. The topological polar surface area (TPSA) is 87.0 Å². The molecule has 3 saturated heterocycles. The van der Waals surface area contributed by atoms with Crippen molar-refractivity contribution >= 4 is 34.8 Å². The Morgan fingerprint density at radius 3 is 2.34 bits per heavy atom. The highest BCUT2D eigenvalue weighted by Gasteiger charge is 2.62. The lowest BCUT2D eigenvalue weighted by Crippen LogP contribution is -2.44. The van der Waals surface area contributed by atoms with Crippen LogP contribution >= 0.6 is 11.6 Å². The van der Waals surface area contributed by atoms with Crippen LogP contribution in [0.15, 0.2) is 48.5 Å². The minimum Gasteiger partial charge on any atom is -0.274 e. The van der Waals surface area contributed by atoms with Crippen molar-refractivity contribution in [3.63, 3.8) is 0 Å². The van der Waals surface area contributed by atoms with E-state index in [0.717, 1.165) is 23.4 Å². The van der Waals surface area contributed by atoms with Crippen LogP contribution in [-0.4, -0.2) is 45.9 Å². The number of imide groups is 1. The number of nitro groups is 1. The van der Waals surface area contributed by atoms with Crippen LogP contribution in [0.2, 0.25) is 5.02 Å². The fraction of sp³-hybridized carbons (Fsp3) is 0.300. The number of fused-ring (bicyclic) bond motifs is 3. The average molecular weight is 413 g/mol. The SMILES string of the molecule is O=C1C2C(C(=O)N1c1ccc(Cl)c([N+](=O)[O-])c1)N1CCCN1C2c1ccccc1. The van der Waals surface area contributed by atoms with Gasteiger partial charge in [0.15, 0.2) is 0 Å². The highest BCUT2D eigenvalue weighted by Crippen LogP contribution is 2.49. The molecule has 3 fully saturated rings. The Morgan fingerprint density at radius 1 is 0.966 bits per heavy atom. The smallest absolute Gasteiger partial charge is 0.274 e. The Kier molecular flexibility index (Phi) is 4.16. The van der Waals surface area contributed by atoms with Crippen molar-refractivity contribution < 1.29 is 14.5 Å². The van der Waals surface area contributed by atoms with E-state index in [0.29, 0.717) is 6.54 Å². The van der Waals surface area contributed by atoms with Crippen LogP contribution in [0.5, 0.6) is 0 Å². The van der Waals surface area contributed by atoms with E-state index < -0.39 is 16.9 Å². The molecule has 0 N–H and O–H groups in total. The Labute approximate surface area is 171 Å². The molecular weight excluding hydrogens is 396 g/mol. The minimum atomic E-state index is -0.618. The van der Waals surface area contributed by atoms with Gasteiger partial charge in [-0.3, -0.25) is 19.7 Å². The van der Waals surface area contributed by atoms with Crippen LogP contribution in [0.4, 0.5) is 11.4 Å². The molecule has 0 radical (unpaired) electrons. The van der Waals surface area contributed by atoms with Crippen LogP contribution in [0.1, 0.15) is 18.0 Å². The number of carbonyl (C=O) groups excluding carboxylic acids is 2. The second kappa shape index (κ2) is 6.62. The molecule has 3 unspecified atom stereocenters. The van der Waals surface area contributed by atoms with Crippen molar-refractivity contribution in [2.75, 3.05) is 18.0 Å². The summed E-state index contributed by atoms with van der Waals surface area (Å²) in [5, 5.41) is 15.3. The van der Waals surface area contributed by atoms with E-state index in [1.165, 1.54) is 18.2 Å². The van der Waals surface area contributed by atoms with E-state index in [1.54, 1.807) is 0 Å². The third-order valence-electron chi connectivity index (χ3n) is 5.93. The summed E-state index contributed by atoms with van der Waals surface area (Å²) < 4.78 is 0. The Morgan fingerprint density at radius 2 is 1.66 bits per heavy atom. The van der Waals surface area contributed by atoms with Crippen molar-refractivity contribution in [2.24, 2.45) is 5.92 Å². The molecule has 0 aromatic heterocycles. The Bertz CT molecular complexity index is 1030. The molecule has 29 heavy (non-hydrogen) atoms. The highest BCUT2D eigenvalue weighted by molar-refractivity contribution is 6.33. The second-order valence-electron chi connectivity index (χ2n) is 7.41. The van der Waals surface area contributed by atoms with E-state index in [-0.39, 0.29) is 34.3 Å². The van der Waals surface area contributed by atoms with Gasteiger partial charge in [-0.1, -0.05) is 41.9 Å². The third-order valence-corrected chi connectivity index (χ3v) is 6.25. The number of hydrogen-bond acceptors (Lipinski definition) is 6. The van der Waals surface area contributed by atoms with Crippen LogP contribution < -0.4 is 4.90 Å². The van der Waals surface area contributed by atoms with Crippen LogP contribution in [0.3, 0.4) is 0 Å². The van der Waals surface area contributed by atoms with Gasteiger partial charge in [-0.25, -0.2) is 14.9 Å². The molecule has 3 heterocycles. The van der Waals surface area contributed by atoms with Gasteiger partial charge < -0.3 is 0 Å². The number of nitro benzene ring substituents is 1. The number of hydrogen-bond donors (Lipinski definition) is 0. The first-order valence-corrected chi connectivity index (χ1v) is 9.77. The molecule has 0 saturated carbocycles. The second-order valence-corrected chi connectivity index (χ2v) is 7.82. The van der Waals surface area contributed by atoms with Gasteiger partial charge in [0.1, 0.15) is 11.1 Å². The van der Waals surface area contributed by atoms with Gasteiger partial charge in [0.2, 0.25) is 5.91 Å². The minimum absolute atomic E-state index is 0.0362. The van der Waals surface area contributed by atoms with Gasteiger partial charge in [-0.15, -0.1) is 0 Å². The molecule has 0 aliphatic carbocycles. The highest BCUT2D eigenvalue weighted by atomic mass is 35.5. The lowest BCUT2D eigenvalue weighted by molar-refractivity contribution is -0.384. The lowest BCUT2D eigenvalue weighted by atomic mass is 9.90. The Balaban J connectivity index is 1.58. The van der Waals surface area contributed by atoms with E-state index in [2.05, 4.69) is 5.01 Å². The van der Waals surface area contributed by atoms with Crippen LogP contribution in [0.25, 0.3) is 0 Å². The number of carbonyl (C=O) groups is 2. The lowest BCUT2D eigenvalue weighted by Gasteiger charge is -2.29. The zero-order chi connectivity index (χ0) is 20.3. The molecule has 3 aliphatic rings. The normalized spacial score (nSPS) is 26.8. The first-order chi connectivity index (χ1) is 14.0. The van der Waals surface area contributed by atoms with Gasteiger partial charge in [-0.2, -0.15) is 0 Å². The zero-order valence-corrected chi connectivity index (χ0v) is 16.0. The molecule has 2 amide bonds. The number of benzene rings is 2. The largest absolute Gasteiger partial charge is 0.289 e. The molecule has 2 aromatic carbocycles. The van der Waals surface area contributed by atoms with Crippen LogP contribution in [-0.2, 0) is 9.59 Å². The standard InChI is InChI=1S/C20H17ClN4O4/c21-14-8-7-13(11-15(14)25(28)29)24-19(26)16-17(12-5-2-1-3-6-12)22-9-4-10-23(22)18(16)20(24)27/h1-3,5-8,11,16-18H,4,9-10H2. The molecular formula is C20H17ClN4O4. The van der Waals surface area contributed by atoms with Crippen molar-refractivity contribution in [1.82, 2.24) is 10.0 Å². The molecule has 0 spiro atoms. The molecule has 0 bridgehead atoms. The summed E-state index contributed by atoms with van der Waals surface area (Å²) in [4.78, 5) is 38.5. The Hall–Kier alpha value is -2.81. The van der Waals surface area contributed by atoms with E-state index in [9.17, 15) is 19.7 Å². The van der Waals surface area contributed by atoms with Crippen LogP contribution in [0, 0.1) is 16.0 Å². The third kappa shape index (κ3) is 2.60. The summed E-state index contributed by atoms with van der Waals surface area (Å²) in [7, 11) is 0. The van der Waals surface area contributed by atoms with Gasteiger partial charge >= 0.3 is 0 Å². The quantitative estimate of drug-likeness (QED) is 0.437. The van der Waals surface area contributed by atoms with Crippen molar-refractivity contribution in [2.45, 2.75) is 18.5 Å². The predicted molar refractivity (Wildman–Crippen MR) is 105 cm³/mol. The first kappa shape index (κ1) is 18.2. The molecule has 148 valence electrons. The molecule has 3 aliphatic heterocycles. The molecule has 5 rings (SSSR count). The predicted octanol–water partition coefficient (Wildman–Crippen LogP) is 2.78. The molecule has 2 aromatic rings. The molecule has 8 nitrogen and oxygen atoms in total. The van der Waals surface area contributed by atoms with Crippen molar-refractivity contribution in [3.8, 4) is 0 Å². The van der Waals surface area contributed by atoms with Gasteiger partial charge in [0, 0.05) is 19.2 Å². The summed E-state index contributed by atoms with van der Waals surface area (Å²) in [6, 6.07) is 12.9. The molecule has 3 atom stereocenters. The number of amides is 2. The fourth-order valence-electron chi connectivity index (χ4n) is 4.80. The van der Waals surface area contributed by atoms with Gasteiger partial charge in [0.25, 0.3) is 11.6 Å². The summed E-state index contributed by atoms with van der Waals surface area (Å²) in [5.41, 5.74) is 0.837. The number of hydrazine groups is 1. The maximum Gasteiger partial charge on any atom is 0.289 e. The van der Waals surface area contributed by atoms with Gasteiger partial charge in [-0.05, 0) is 24.1 Å². The maximum absolute atomic E-state index is 13.4. The monoisotopic (exact) mass is 412 g/mol. The summed E-state index contributed by atoms with van der Waals surface area (Å²) >= 11 is 5.90. The summed E-state index contributed by atoms with van der Waals surface area (Å²) in [6.07, 6.45) is 0.917. The number of halogens is 1. The fourth-order valence-corrected chi connectivity index (χ4v) is 4.98. The number of rotatable bonds is 3. The first-order valence-electron chi connectivity index (χ1n) is 9.39. The van der Waals surface area contributed by atoms with E-state index in [4.69, 9.17) is 11.6 Å². The van der Waals surface area contributed by atoms with E-state index in [1.807, 2.05) is 35.3 Å². The van der Waals surface area contributed by atoms with Crippen molar-refractivity contribution in [1.29, 1.82) is 0 Å². The van der Waals surface area contributed by atoms with E-state index >= 15 is 0 Å².